The smallest absolute Gasteiger partial charge is 0.201 e. The predicted molar refractivity (Wildman–Crippen MR) is 125 cm³/mol. The van der Waals surface area contributed by atoms with E-state index in [1.54, 1.807) is 36.8 Å². The fraction of sp³-hybridized carbons (Fsp3) is 0. The van der Waals surface area contributed by atoms with E-state index in [1.165, 1.54) is 6.20 Å². The van der Waals surface area contributed by atoms with Gasteiger partial charge >= 0.3 is 0 Å². The van der Waals surface area contributed by atoms with E-state index in [2.05, 4.69) is 19.7 Å². The molecule has 2 N–H and O–H groups in total. The summed E-state index contributed by atoms with van der Waals surface area (Å²) < 4.78 is 59.7. The molecule has 5 aromatic rings. The van der Waals surface area contributed by atoms with Crippen molar-refractivity contribution in [1.82, 2.24) is 15.0 Å². The number of H-pyrrole nitrogens is 1. The Kier molecular flexibility index (Phi) is 5.96. The van der Waals surface area contributed by atoms with Crippen LogP contribution in [0.25, 0.3) is 22.2 Å². The molecule has 0 fully saturated rings. The molecule has 0 saturated heterocycles. The van der Waals surface area contributed by atoms with Gasteiger partial charge in [-0.3, -0.25) is 9.78 Å². The first-order valence-electron chi connectivity index (χ1n) is 10.2. The zero-order valence-corrected chi connectivity index (χ0v) is 18.5. The van der Waals surface area contributed by atoms with Gasteiger partial charge in [-0.05, 0) is 66.0 Å². The maximum Gasteiger partial charge on any atom is 0.201 e. The molecule has 0 unspecified atom stereocenters. The number of rotatable bonds is 6. The molecule has 0 radical (unpaired) electrons. The molecule has 0 spiro atoms. The molecule has 0 bridgehead atoms. The molecule has 5 rings (SSSR count). The average molecular weight is 494 g/mol. The highest BCUT2D eigenvalue weighted by molar-refractivity contribution is 8.00. The van der Waals surface area contributed by atoms with Gasteiger partial charge in [0.05, 0.1) is 16.1 Å². The molecule has 5 nitrogen and oxygen atoms in total. The van der Waals surface area contributed by atoms with Gasteiger partial charge in [-0.25, -0.2) is 22.5 Å². The summed E-state index contributed by atoms with van der Waals surface area (Å²) in [6.45, 7) is 0. The highest BCUT2D eigenvalue weighted by atomic mass is 32.2. The highest BCUT2D eigenvalue weighted by Crippen LogP contribution is 2.31. The number of nitrogens with zero attached hydrogens (tertiary/aromatic N) is 2. The molecule has 0 aliphatic heterocycles. The van der Waals surface area contributed by atoms with Gasteiger partial charge in [0.1, 0.15) is 23.1 Å². The highest BCUT2D eigenvalue weighted by Gasteiger charge is 2.25. The van der Waals surface area contributed by atoms with Gasteiger partial charge in [0, 0.05) is 41.3 Å². The molecule has 3 heterocycles. The van der Waals surface area contributed by atoms with Crippen LogP contribution in [0.4, 0.5) is 23.2 Å². The van der Waals surface area contributed by atoms with Gasteiger partial charge in [0.2, 0.25) is 5.78 Å². The van der Waals surface area contributed by atoms with Crippen LogP contribution in [-0.2, 0) is 0 Å². The number of halogens is 4. The number of ketones is 1. The third-order valence-corrected chi connectivity index (χ3v) is 6.13. The summed E-state index contributed by atoms with van der Waals surface area (Å²) >= 11 is 0.594. The van der Waals surface area contributed by atoms with E-state index < -0.39 is 34.6 Å². The van der Waals surface area contributed by atoms with Gasteiger partial charge < -0.3 is 9.71 Å². The minimum absolute atomic E-state index is 0.0298. The number of hydrogen-bond acceptors (Lipinski definition) is 5. The second-order valence-corrected chi connectivity index (χ2v) is 8.30. The molecule has 3 aromatic heterocycles. The number of carbonyl (C=O) groups is 1. The fourth-order valence-corrected chi connectivity index (χ4v) is 4.25. The molecular weight excluding hydrogens is 480 g/mol. The number of aromatic nitrogens is 3. The van der Waals surface area contributed by atoms with Crippen molar-refractivity contribution < 1.29 is 22.4 Å². The maximum atomic E-state index is 15.3. The third kappa shape index (κ3) is 4.35. The van der Waals surface area contributed by atoms with E-state index in [1.807, 2.05) is 0 Å². The number of anilines is 1. The first-order valence-corrected chi connectivity index (χ1v) is 11.0. The van der Waals surface area contributed by atoms with Crippen LogP contribution in [0.1, 0.15) is 15.9 Å². The summed E-state index contributed by atoms with van der Waals surface area (Å²) in [6.07, 6.45) is 6.17. The van der Waals surface area contributed by atoms with Crippen LogP contribution in [0.3, 0.4) is 0 Å². The molecule has 2 aromatic carbocycles. The summed E-state index contributed by atoms with van der Waals surface area (Å²) in [4.78, 5) is 24.2. The molecule has 0 amide bonds. The van der Waals surface area contributed by atoms with Crippen LogP contribution < -0.4 is 4.72 Å². The lowest BCUT2D eigenvalue weighted by Crippen LogP contribution is -2.09. The molecular formula is C25H14F4N4OS. The van der Waals surface area contributed by atoms with E-state index in [4.69, 9.17) is 0 Å². The monoisotopic (exact) mass is 494 g/mol. The van der Waals surface area contributed by atoms with Crippen LogP contribution in [-0.4, -0.2) is 20.7 Å². The largest absolute Gasteiger partial charge is 0.345 e. The summed E-state index contributed by atoms with van der Waals surface area (Å²) in [5, 5.41) is 0.387. The predicted octanol–water partition coefficient (Wildman–Crippen LogP) is 6.53. The summed E-state index contributed by atoms with van der Waals surface area (Å²) in [5.74, 6) is -4.52. The topological polar surface area (TPSA) is 70.7 Å². The van der Waals surface area contributed by atoms with Crippen LogP contribution in [0.5, 0.6) is 0 Å². The Morgan fingerprint density at radius 2 is 1.69 bits per heavy atom. The lowest BCUT2D eigenvalue weighted by Gasteiger charge is -2.11. The minimum Gasteiger partial charge on any atom is -0.345 e. The minimum atomic E-state index is -1.16. The van der Waals surface area contributed by atoms with Crippen molar-refractivity contribution in [2.45, 2.75) is 4.90 Å². The van der Waals surface area contributed by atoms with Crippen molar-refractivity contribution in [2.75, 3.05) is 4.72 Å². The van der Waals surface area contributed by atoms with Crippen LogP contribution >= 0.6 is 11.9 Å². The molecule has 0 atom stereocenters. The van der Waals surface area contributed by atoms with Gasteiger partial charge in [-0.2, -0.15) is 0 Å². The van der Waals surface area contributed by atoms with Crippen molar-refractivity contribution in [2.24, 2.45) is 0 Å². The number of aromatic amines is 1. The lowest BCUT2D eigenvalue weighted by molar-refractivity contribution is 0.103. The number of benzene rings is 2. The number of pyridine rings is 2. The summed E-state index contributed by atoms with van der Waals surface area (Å²) in [6, 6.07) is 10.0. The van der Waals surface area contributed by atoms with Crippen molar-refractivity contribution in [3.8, 4) is 11.1 Å². The molecule has 10 heteroatoms. The van der Waals surface area contributed by atoms with E-state index in [0.29, 0.717) is 28.5 Å². The first kappa shape index (κ1) is 22.6. The molecule has 35 heavy (non-hydrogen) atoms. The van der Waals surface area contributed by atoms with Gasteiger partial charge in [-0.15, -0.1) is 0 Å². The van der Waals surface area contributed by atoms with Crippen molar-refractivity contribution in [1.29, 1.82) is 0 Å². The normalized spacial score (nSPS) is 11.1. The second-order valence-electron chi connectivity index (χ2n) is 7.45. The lowest BCUT2D eigenvalue weighted by atomic mass is 10.00. The molecule has 0 saturated carbocycles. The van der Waals surface area contributed by atoms with Crippen molar-refractivity contribution in [3.05, 3.63) is 108 Å². The second kappa shape index (κ2) is 9.22. The summed E-state index contributed by atoms with van der Waals surface area (Å²) in [7, 11) is 0. The number of carbonyl (C=O) groups excluding carboxylic acids is 1. The molecule has 174 valence electrons. The third-order valence-electron chi connectivity index (χ3n) is 5.27. The standard InChI is InChI=1S/C25H14F4N4OS/c26-15-1-2-18(27)21(10-15)35-33-20-4-3-19(28)22(23(20)29)24(34)17-12-32-25-16(17)9-14(11-31-25)13-5-7-30-8-6-13/h1-12,33H,(H,31,32). The molecule has 0 aliphatic carbocycles. The van der Waals surface area contributed by atoms with E-state index in [0.717, 1.165) is 35.9 Å². The van der Waals surface area contributed by atoms with E-state index in [9.17, 15) is 18.0 Å². The summed E-state index contributed by atoms with van der Waals surface area (Å²) in [5.41, 5.74) is 0.850. The maximum absolute atomic E-state index is 15.3. The van der Waals surface area contributed by atoms with Crippen LogP contribution in [0.2, 0.25) is 0 Å². The Morgan fingerprint density at radius 3 is 2.49 bits per heavy atom. The zero-order valence-electron chi connectivity index (χ0n) is 17.7. The Hall–Kier alpha value is -4.18. The van der Waals surface area contributed by atoms with Gasteiger partial charge in [-0.1, -0.05) is 0 Å². The SMILES string of the molecule is O=C(c1c(F)ccc(NSc2cc(F)ccc2F)c1F)c1c[nH]c2ncc(-c3ccncc3)cc12. The number of fused-ring (bicyclic) bond motifs is 1. The number of hydrogen-bond donors (Lipinski definition) is 2. The quantitative estimate of drug-likeness (QED) is 0.160. The van der Waals surface area contributed by atoms with E-state index in [-0.39, 0.29) is 16.1 Å². The van der Waals surface area contributed by atoms with Crippen LogP contribution in [0, 0.1) is 23.3 Å². The average Bonchev–Trinajstić information content (AvgIpc) is 3.29. The Balaban J connectivity index is 1.50. The first-order chi connectivity index (χ1) is 16.9. The molecule has 0 aliphatic rings. The van der Waals surface area contributed by atoms with Crippen molar-refractivity contribution in [3.63, 3.8) is 0 Å². The van der Waals surface area contributed by atoms with Gasteiger partial charge in [0.15, 0.2) is 5.82 Å². The van der Waals surface area contributed by atoms with Gasteiger partial charge in [0.25, 0.3) is 0 Å². The van der Waals surface area contributed by atoms with Crippen molar-refractivity contribution >= 4 is 34.5 Å². The van der Waals surface area contributed by atoms with Crippen LogP contribution in [0.15, 0.2) is 78.2 Å². The fourth-order valence-electron chi connectivity index (χ4n) is 3.53. The zero-order chi connectivity index (χ0) is 24.5. The Bertz CT molecular complexity index is 1570. The number of nitrogens with one attached hydrogen (secondary N) is 2. The Morgan fingerprint density at radius 1 is 0.914 bits per heavy atom. The Labute approximate surface area is 200 Å². The van der Waals surface area contributed by atoms with E-state index >= 15 is 4.39 Å².